The molecular formula is C25H26N2O5S. The van der Waals surface area contributed by atoms with Crippen molar-refractivity contribution in [1.29, 1.82) is 0 Å². The van der Waals surface area contributed by atoms with Crippen LogP contribution >= 0.6 is 11.8 Å². The number of amides is 2. The molecule has 0 aliphatic carbocycles. The van der Waals surface area contributed by atoms with Crippen LogP contribution < -0.4 is 14.8 Å². The van der Waals surface area contributed by atoms with E-state index in [4.69, 9.17) is 9.47 Å². The number of nitrogens with zero attached hydrogens (tertiary/aromatic N) is 1. The van der Waals surface area contributed by atoms with Crippen LogP contribution in [-0.2, 0) is 4.79 Å². The Morgan fingerprint density at radius 2 is 2.06 bits per heavy atom. The lowest BCUT2D eigenvalue weighted by atomic mass is 9.94. The van der Waals surface area contributed by atoms with Crippen LogP contribution in [0.3, 0.4) is 0 Å². The number of ether oxygens (including phenoxy) is 2. The number of benzene rings is 2. The normalized spacial score (nSPS) is 26.2. The SMILES string of the molecule is CC1Oc2ccc(O)cc2C1CN1CCCC(Oc2ccc(/C=C3/SC(=O)NC3=O)cc2)C1. The summed E-state index contributed by atoms with van der Waals surface area (Å²) in [6, 6.07) is 12.9. The Labute approximate surface area is 196 Å². The van der Waals surface area contributed by atoms with Crippen molar-refractivity contribution in [1.82, 2.24) is 10.2 Å². The van der Waals surface area contributed by atoms with Gasteiger partial charge in [0, 0.05) is 24.6 Å². The van der Waals surface area contributed by atoms with E-state index in [1.165, 1.54) is 0 Å². The van der Waals surface area contributed by atoms with Crippen LogP contribution in [0.1, 0.15) is 36.8 Å². The summed E-state index contributed by atoms with van der Waals surface area (Å²) in [6.07, 6.45) is 3.93. The summed E-state index contributed by atoms with van der Waals surface area (Å²) in [5.41, 5.74) is 1.92. The third-order valence-corrected chi connectivity index (χ3v) is 7.12. The molecule has 3 aliphatic heterocycles. The van der Waals surface area contributed by atoms with Gasteiger partial charge in [-0.1, -0.05) is 12.1 Å². The number of phenols is 1. The molecule has 8 heteroatoms. The summed E-state index contributed by atoms with van der Waals surface area (Å²) in [6.45, 7) is 4.80. The van der Waals surface area contributed by atoms with E-state index in [-0.39, 0.29) is 35.0 Å². The van der Waals surface area contributed by atoms with E-state index < -0.39 is 0 Å². The molecule has 3 aliphatic rings. The Kier molecular flexibility index (Phi) is 6.03. The quantitative estimate of drug-likeness (QED) is 0.641. The van der Waals surface area contributed by atoms with Crippen LogP contribution in [0, 0.1) is 0 Å². The first-order valence-electron chi connectivity index (χ1n) is 11.2. The van der Waals surface area contributed by atoms with Crippen LogP contribution in [0.15, 0.2) is 47.4 Å². The predicted octanol–water partition coefficient (Wildman–Crippen LogP) is 4.12. The summed E-state index contributed by atoms with van der Waals surface area (Å²) >= 11 is 0.913. The van der Waals surface area contributed by atoms with Gasteiger partial charge in [0.2, 0.25) is 0 Å². The first-order chi connectivity index (χ1) is 15.9. The van der Waals surface area contributed by atoms with Gasteiger partial charge < -0.3 is 14.6 Å². The molecule has 0 saturated carbocycles. The first kappa shape index (κ1) is 21.9. The maximum absolute atomic E-state index is 11.7. The fraction of sp³-hybridized carbons (Fsp3) is 0.360. The average Bonchev–Trinajstić information content (AvgIpc) is 3.27. The lowest BCUT2D eigenvalue weighted by molar-refractivity contribution is -0.115. The second kappa shape index (κ2) is 9.11. The summed E-state index contributed by atoms with van der Waals surface area (Å²) < 4.78 is 12.2. The van der Waals surface area contributed by atoms with Crippen molar-refractivity contribution in [3.63, 3.8) is 0 Å². The molecule has 3 unspecified atom stereocenters. The van der Waals surface area contributed by atoms with Crippen molar-refractivity contribution >= 4 is 29.0 Å². The molecule has 2 saturated heterocycles. The van der Waals surface area contributed by atoms with Gasteiger partial charge >= 0.3 is 0 Å². The van der Waals surface area contributed by atoms with Gasteiger partial charge in [0.15, 0.2) is 0 Å². The minimum Gasteiger partial charge on any atom is -0.508 e. The highest BCUT2D eigenvalue weighted by Crippen LogP contribution is 2.40. The molecule has 0 bridgehead atoms. The highest BCUT2D eigenvalue weighted by Gasteiger charge is 2.34. The fourth-order valence-electron chi connectivity index (χ4n) is 4.68. The zero-order valence-electron chi connectivity index (χ0n) is 18.3. The van der Waals surface area contributed by atoms with Crippen LogP contribution in [0.4, 0.5) is 4.79 Å². The molecular weight excluding hydrogens is 440 g/mol. The van der Waals surface area contributed by atoms with Crippen molar-refractivity contribution in [2.24, 2.45) is 0 Å². The van der Waals surface area contributed by atoms with Gasteiger partial charge in [0.1, 0.15) is 29.5 Å². The Morgan fingerprint density at radius 3 is 2.82 bits per heavy atom. The van der Waals surface area contributed by atoms with E-state index in [9.17, 15) is 14.7 Å². The summed E-state index contributed by atoms with van der Waals surface area (Å²) in [4.78, 5) is 25.8. The molecule has 2 fully saturated rings. The number of rotatable bonds is 5. The monoisotopic (exact) mass is 466 g/mol. The summed E-state index contributed by atoms with van der Waals surface area (Å²) in [5, 5.41) is 11.8. The Hall–Kier alpha value is -2.97. The number of phenolic OH excluding ortho intramolecular Hbond substituents is 1. The van der Waals surface area contributed by atoms with Gasteiger partial charge in [-0.05, 0) is 80.0 Å². The second-order valence-corrected chi connectivity index (χ2v) is 9.73. The van der Waals surface area contributed by atoms with Gasteiger partial charge in [-0.25, -0.2) is 0 Å². The van der Waals surface area contributed by atoms with Crippen LogP contribution in [0.2, 0.25) is 0 Å². The highest BCUT2D eigenvalue weighted by molar-refractivity contribution is 8.18. The first-order valence-corrected chi connectivity index (χ1v) is 12.0. The number of nitrogens with one attached hydrogen (secondary N) is 1. The zero-order valence-corrected chi connectivity index (χ0v) is 19.1. The van der Waals surface area contributed by atoms with E-state index in [0.29, 0.717) is 4.91 Å². The molecule has 3 heterocycles. The topological polar surface area (TPSA) is 88.1 Å². The fourth-order valence-corrected chi connectivity index (χ4v) is 5.36. The summed E-state index contributed by atoms with van der Waals surface area (Å²) in [7, 11) is 0. The molecule has 172 valence electrons. The number of aromatic hydroxyl groups is 1. The molecule has 2 aromatic rings. The molecule has 0 spiro atoms. The van der Waals surface area contributed by atoms with Crippen molar-refractivity contribution in [3.05, 3.63) is 58.5 Å². The van der Waals surface area contributed by atoms with Crippen molar-refractivity contribution in [2.45, 2.75) is 37.9 Å². The lowest BCUT2D eigenvalue weighted by Crippen LogP contribution is -2.43. The van der Waals surface area contributed by atoms with Crippen molar-refractivity contribution in [2.75, 3.05) is 19.6 Å². The Morgan fingerprint density at radius 1 is 1.24 bits per heavy atom. The minimum atomic E-state index is -0.354. The number of hydrogen-bond donors (Lipinski definition) is 2. The van der Waals surface area contributed by atoms with E-state index in [0.717, 1.165) is 66.9 Å². The molecule has 0 aromatic heterocycles. The maximum atomic E-state index is 11.7. The third kappa shape index (κ3) is 4.86. The standard InChI is InChI=1S/C25H26N2O5S/c1-15-21(20-12-17(28)6-9-22(20)31-15)14-27-10-2-3-19(13-27)32-18-7-4-16(5-8-18)11-23-24(29)26-25(30)33-23/h4-9,11-12,15,19,21,28H,2-3,10,13-14H2,1H3,(H,26,29,30)/b23-11+. The molecule has 0 radical (unpaired) electrons. The highest BCUT2D eigenvalue weighted by atomic mass is 32.2. The van der Waals surface area contributed by atoms with E-state index in [1.807, 2.05) is 36.4 Å². The number of hydrogen-bond acceptors (Lipinski definition) is 7. The summed E-state index contributed by atoms with van der Waals surface area (Å²) in [5.74, 6) is 1.79. The van der Waals surface area contributed by atoms with Gasteiger partial charge in [0.05, 0.1) is 4.91 Å². The number of fused-ring (bicyclic) bond motifs is 1. The third-order valence-electron chi connectivity index (χ3n) is 6.31. The number of carbonyl (C=O) groups excluding carboxylic acids is 2. The van der Waals surface area contributed by atoms with Crippen LogP contribution in [0.5, 0.6) is 17.2 Å². The number of likely N-dealkylation sites (tertiary alicyclic amines) is 1. The van der Waals surface area contributed by atoms with Crippen LogP contribution in [-0.4, -0.2) is 53.0 Å². The zero-order chi connectivity index (χ0) is 22.9. The van der Waals surface area contributed by atoms with E-state index >= 15 is 0 Å². The lowest BCUT2D eigenvalue weighted by Gasteiger charge is -2.34. The Bertz CT molecular complexity index is 1100. The molecule has 2 amide bonds. The van der Waals surface area contributed by atoms with Gasteiger partial charge in [-0.15, -0.1) is 0 Å². The minimum absolute atomic E-state index is 0.0696. The van der Waals surface area contributed by atoms with E-state index in [1.54, 1.807) is 12.1 Å². The number of carbonyl (C=O) groups is 2. The number of imide groups is 1. The Balaban J connectivity index is 1.20. The van der Waals surface area contributed by atoms with E-state index in [2.05, 4.69) is 17.1 Å². The van der Waals surface area contributed by atoms with Gasteiger partial charge in [-0.2, -0.15) is 0 Å². The molecule has 33 heavy (non-hydrogen) atoms. The van der Waals surface area contributed by atoms with Gasteiger partial charge in [0.25, 0.3) is 11.1 Å². The second-order valence-electron chi connectivity index (χ2n) is 8.71. The molecule has 2 aromatic carbocycles. The maximum Gasteiger partial charge on any atom is 0.290 e. The van der Waals surface area contributed by atoms with Crippen LogP contribution in [0.25, 0.3) is 6.08 Å². The molecule has 2 N–H and O–H groups in total. The van der Waals surface area contributed by atoms with Crippen molar-refractivity contribution < 1.29 is 24.2 Å². The largest absolute Gasteiger partial charge is 0.508 e. The number of piperidine rings is 1. The molecule has 5 rings (SSSR count). The van der Waals surface area contributed by atoms with Gasteiger partial charge in [-0.3, -0.25) is 19.8 Å². The smallest absolute Gasteiger partial charge is 0.290 e. The molecule has 7 nitrogen and oxygen atoms in total. The predicted molar refractivity (Wildman–Crippen MR) is 127 cm³/mol. The number of thioether (sulfide) groups is 1. The molecule has 3 atom stereocenters. The average molecular weight is 467 g/mol. The van der Waals surface area contributed by atoms with Crippen molar-refractivity contribution in [3.8, 4) is 17.2 Å².